The van der Waals surface area contributed by atoms with Gasteiger partial charge < -0.3 is 5.32 Å². The van der Waals surface area contributed by atoms with Crippen LogP contribution < -0.4 is 5.32 Å². The number of nitrogens with zero attached hydrogens (tertiary/aromatic N) is 3. The van der Waals surface area contributed by atoms with Crippen LogP contribution >= 0.6 is 0 Å². The SMILES string of the molecule is Cc1ncc(C#N)c(NCCC(C)C)n1. The smallest absolute Gasteiger partial charge is 0.147 e. The summed E-state index contributed by atoms with van der Waals surface area (Å²) in [6.45, 7) is 6.98. The van der Waals surface area contributed by atoms with E-state index < -0.39 is 0 Å². The highest BCUT2D eigenvalue weighted by atomic mass is 15.0. The first kappa shape index (κ1) is 11.4. The summed E-state index contributed by atoms with van der Waals surface area (Å²) in [5.74, 6) is 1.97. The molecule has 0 atom stereocenters. The molecule has 0 saturated carbocycles. The van der Waals surface area contributed by atoms with Gasteiger partial charge in [0.2, 0.25) is 0 Å². The lowest BCUT2D eigenvalue weighted by atomic mass is 10.1. The minimum Gasteiger partial charge on any atom is -0.369 e. The van der Waals surface area contributed by atoms with Crippen LogP contribution in [-0.2, 0) is 0 Å². The summed E-state index contributed by atoms with van der Waals surface area (Å²) in [6.07, 6.45) is 2.62. The standard InChI is InChI=1S/C11H16N4/c1-8(2)4-5-13-11-10(6-12)7-14-9(3)15-11/h7-8H,4-5H2,1-3H3,(H,13,14,15). The second-order valence-electron chi connectivity index (χ2n) is 3.90. The zero-order valence-corrected chi connectivity index (χ0v) is 9.41. The topological polar surface area (TPSA) is 61.6 Å². The molecule has 1 N–H and O–H groups in total. The van der Waals surface area contributed by atoms with E-state index in [1.165, 1.54) is 0 Å². The zero-order chi connectivity index (χ0) is 11.3. The van der Waals surface area contributed by atoms with Crippen LogP contribution in [0.4, 0.5) is 5.82 Å². The Kier molecular flexibility index (Phi) is 4.04. The summed E-state index contributed by atoms with van der Waals surface area (Å²) >= 11 is 0. The van der Waals surface area contributed by atoms with Gasteiger partial charge in [0.25, 0.3) is 0 Å². The van der Waals surface area contributed by atoms with Crippen molar-refractivity contribution in [2.75, 3.05) is 11.9 Å². The molecule has 0 saturated heterocycles. The maximum atomic E-state index is 8.85. The molecule has 0 bridgehead atoms. The van der Waals surface area contributed by atoms with Gasteiger partial charge in [-0.05, 0) is 19.3 Å². The van der Waals surface area contributed by atoms with Crippen LogP contribution in [0, 0.1) is 24.2 Å². The Labute approximate surface area is 90.4 Å². The molecule has 1 aromatic heterocycles. The van der Waals surface area contributed by atoms with E-state index in [4.69, 9.17) is 5.26 Å². The van der Waals surface area contributed by atoms with Crippen LogP contribution in [0.15, 0.2) is 6.20 Å². The van der Waals surface area contributed by atoms with Gasteiger partial charge in [-0.3, -0.25) is 0 Å². The van der Waals surface area contributed by atoms with Crippen LogP contribution in [0.25, 0.3) is 0 Å². The molecule has 0 radical (unpaired) electrons. The van der Waals surface area contributed by atoms with E-state index >= 15 is 0 Å². The summed E-state index contributed by atoms with van der Waals surface area (Å²) in [4.78, 5) is 8.18. The Morgan fingerprint density at radius 3 is 2.87 bits per heavy atom. The summed E-state index contributed by atoms with van der Waals surface area (Å²) in [6, 6.07) is 2.07. The average molecular weight is 204 g/mol. The van der Waals surface area contributed by atoms with Gasteiger partial charge in [0.1, 0.15) is 23.3 Å². The van der Waals surface area contributed by atoms with Crippen molar-refractivity contribution in [3.63, 3.8) is 0 Å². The van der Waals surface area contributed by atoms with Gasteiger partial charge in [0.15, 0.2) is 0 Å². The third kappa shape index (κ3) is 3.55. The molecule has 1 aromatic rings. The van der Waals surface area contributed by atoms with Crippen molar-refractivity contribution in [1.29, 1.82) is 5.26 Å². The normalized spacial score (nSPS) is 10.1. The van der Waals surface area contributed by atoms with Gasteiger partial charge in [0.05, 0.1) is 6.20 Å². The molecule has 0 fully saturated rings. The van der Waals surface area contributed by atoms with Gasteiger partial charge in [-0.2, -0.15) is 5.26 Å². The van der Waals surface area contributed by atoms with Gasteiger partial charge in [0, 0.05) is 6.54 Å². The van der Waals surface area contributed by atoms with Gasteiger partial charge >= 0.3 is 0 Å². The summed E-state index contributed by atoms with van der Waals surface area (Å²) in [5.41, 5.74) is 0.504. The first-order chi connectivity index (χ1) is 7.13. The van der Waals surface area contributed by atoms with Crippen molar-refractivity contribution in [3.05, 3.63) is 17.6 Å². The molecule has 1 rings (SSSR count). The van der Waals surface area contributed by atoms with E-state index in [9.17, 15) is 0 Å². The third-order valence-electron chi connectivity index (χ3n) is 2.04. The van der Waals surface area contributed by atoms with Crippen LogP contribution in [0.1, 0.15) is 31.7 Å². The van der Waals surface area contributed by atoms with Crippen molar-refractivity contribution in [3.8, 4) is 6.07 Å². The lowest BCUT2D eigenvalue weighted by Crippen LogP contribution is -2.08. The number of anilines is 1. The second kappa shape index (κ2) is 5.30. The van der Waals surface area contributed by atoms with Crippen LogP contribution in [0.3, 0.4) is 0 Å². The Hall–Kier alpha value is -1.63. The highest BCUT2D eigenvalue weighted by Crippen LogP contribution is 2.10. The molecule has 15 heavy (non-hydrogen) atoms. The van der Waals surface area contributed by atoms with Crippen LogP contribution in [-0.4, -0.2) is 16.5 Å². The molecular formula is C11H16N4. The van der Waals surface area contributed by atoms with Gasteiger partial charge in [-0.25, -0.2) is 9.97 Å². The zero-order valence-electron chi connectivity index (χ0n) is 9.41. The number of nitriles is 1. The quantitative estimate of drug-likeness (QED) is 0.816. The third-order valence-corrected chi connectivity index (χ3v) is 2.04. The van der Waals surface area contributed by atoms with E-state index in [2.05, 4.69) is 35.2 Å². The van der Waals surface area contributed by atoms with E-state index in [0.29, 0.717) is 23.1 Å². The first-order valence-corrected chi connectivity index (χ1v) is 5.11. The van der Waals surface area contributed by atoms with Crippen molar-refractivity contribution in [2.45, 2.75) is 27.2 Å². The summed E-state index contributed by atoms with van der Waals surface area (Å²) < 4.78 is 0. The minimum absolute atomic E-state index is 0.504. The van der Waals surface area contributed by atoms with Crippen LogP contribution in [0.5, 0.6) is 0 Å². The molecule has 4 heteroatoms. The molecule has 0 aliphatic heterocycles. The van der Waals surface area contributed by atoms with E-state index in [0.717, 1.165) is 13.0 Å². The van der Waals surface area contributed by atoms with E-state index in [-0.39, 0.29) is 0 Å². The molecule has 0 aromatic carbocycles. The Balaban J connectivity index is 2.67. The molecule has 0 spiro atoms. The summed E-state index contributed by atoms with van der Waals surface area (Å²) in [7, 11) is 0. The molecule has 0 aliphatic rings. The largest absolute Gasteiger partial charge is 0.369 e. The Bertz CT molecular complexity index is 365. The van der Waals surface area contributed by atoms with Crippen molar-refractivity contribution in [2.24, 2.45) is 5.92 Å². The number of rotatable bonds is 4. The fraction of sp³-hybridized carbons (Fsp3) is 0.545. The van der Waals surface area contributed by atoms with Gasteiger partial charge in [-0.15, -0.1) is 0 Å². The Morgan fingerprint density at radius 1 is 1.53 bits per heavy atom. The van der Waals surface area contributed by atoms with Gasteiger partial charge in [-0.1, -0.05) is 13.8 Å². The molecule has 80 valence electrons. The monoisotopic (exact) mass is 204 g/mol. The second-order valence-corrected chi connectivity index (χ2v) is 3.90. The first-order valence-electron chi connectivity index (χ1n) is 5.11. The van der Waals surface area contributed by atoms with Crippen molar-refractivity contribution < 1.29 is 0 Å². The van der Waals surface area contributed by atoms with E-state index in [1.54, 1.807) is 6.20 Å². The predicted molar refractivity (Wildman–Crippen MR) is 59.4 cm³/mol. The van der Waals surface area contributed by atoms with Crippen molar-refractivity contribution in [1.82, 2.24) is 9.97 Å². The summed E-state index contributed by atoms with van der Waals surface area (Å²) in [5, 5.41) is 12.0. The molecular weight excluding hydrogens is 188 g/mol. The average Bonchev–Trinajstić information content (AvgIpc) is 2.17. The lowest BCUT2D eigenvalue weighted by Gasteiger charge is -2.08. The molecule has 0 amide bonds. The fourth-order valence-electron chi connectivity index (χ4n) is 1.17. The van der Waals surface area contributed by atoms with Crippen LogP contribution in [0.2, 0.25) is 0 Å². The number of aryl methyl sites for hydroxylation is 1. The number of aromatic nitrogens is 2. The predicted octanol–water partition coefficient (Wildman–Crippen LogP) is 2.11. The highest BCUT2D eigenvalue weighted by Gasteiger charge is 2.04. The molecule has 1 heterocycles. The number of hydrogen-bond acceptors (Lipinski definition) is 4. The number of nitrogens with one attached hydrogen (secondary N) is 1. The maximum absolute atomic E-state index is 8.85. The molecule has 0 unspecified atom stereocenters. The Morgan fingerprint density at radius 2 is 2.27 bits per heavy atom. The fourth-order valence-corrected chi connectivity index (χ4v) is 1.17. The highest BCUT2D eigenvalue weighted by molar-refractivity contribution is 5.50. The maximum Gasteiger partial charge on any atom is 0.147 e. The van der Waals surface area contributed by atoms with E-state index in [1.807, 2.05) is 6.92 Å². The van der Waals surface area contributed by atoms with Crippen molar-refractivity contribution >= 4 is 5.82 Å². The lowest BCUT2D eigenvalue weighted by molar-refractivity contribution is 0.606. The minimum atomic E-state index is 0.504. The molecule has 0 aliphatic carbocycles. The number of hydrogen-bond donors (Lipinski definition) is 1. The molecule has 4 nitrogen and oxygen atoms in total.